The fourth-order valence-electron chi connectivity index (χ4n) is 2.06. The fourth-order valence-corrected chi connectivity index (χ4v) is 2.06. The SMILES string of the molecule is CCCCC(CC)C(=O)OCCOCCOCCOCCOCC. The van der Waals surface area contributed by atoms with Gasteiger partial charge in [-0.05, 0) is 19.8 Å². The zero-order valence-corrected chi connectivity index (χ0v) is 15.7. The zero-order valence-electron chi connectivity index (χ0n) is 15.7. The lowest BCUT2D eigenvalue weighted by Gasteiger charge is -2.13. The summed E-state index contributed by atoms with van der Waals surface area (Å²) in [5.74, 6) is -0.0778. The number of carbonyl (C=O) groups is 1. The molecule has 144 valence electrons. The first-order valence-corrected chi connectivity index (χ1v) is 9.23. The predicted molar refractivity (Wildman–Crippen MR) is 93.2 cm³/mol. The first-order valence-electron chi connectivity index (χ1n) is 9.23. The van der Waals surface area contributed by atoms with Gasteiger partial charge in [-0.15, -0.1) is 0 Å². The van der Waals surface area contributed by atoms with Crippen molar-refractivity contribution in [2.75, 3.05) is 59.5 Å². The van der Waals surface area contributed by atoms with E-state index in [4.69, 9.17) is 23.7 Å². The third kappa shape index (κ3) is 14.9. The predicted octanol–water partition coefficient (Wildman–Crippen LogP) is 2.83. The van der Waals surface area contributed by atoms with Crippen molar-refractivity contribution in [3.05, 3.63) is 0 Å². The smallest absolute Gasteiger partial charge is 0.308 e. The van der Waals surface area contributed by atoms with Gasteiger partial charge in [0.1, 0.15) is 6.61 Å². The second-order valence-corrected chi connectivity index (χ2v) is 5.45. The highest BCUT2D eigenvalue weighted by Gasteiger charge is 2.16. The van der Waals surface area contributed by atoms with Gasteiger partial charge in [0.25, 0.3) is 0 Å². The molecule has 0 heterocycles. The van der Waals surface area contributed by atoms with Crippen LogP contribution < -0.4 is 0 Å². The lowest BCUT2D eigenvalue weighted by molar-refractivity contribution is -0.150. The Labute approximate surface area is 147 Å². The van der Waals surface area contributed by atoms with E-state index in [0.29, 0.717) is 59.5 Å². The molecule has 24 heavy (non-hydrogen) atoms. The largest absolute Gasteiger partial charge is 0.463 e. The number of hydrogen-bond acceptors (Lipinski definition) is 6. The molecule has 6 heteroatoms. The molecule has 1 unspecified atom stereocenters. The summed E-state index contributed by atoms with van der Waals surface area (Å²) in [6.07, 6.45) is 3.91. The van der Waals surface area contributed by atoms with Gasteiger partial charge in [-0.3, -0.25) is 4.79 Å². The maximum atomic E-state index is 11.9. The Bertz CT molecular complexity index is 272. The quantitative estimate of drug-likeness (QED) is 0.280. The van der Waals surface area contributed by atoms with E-state index >= 15 is 0 Å². The number of hydrogen-bond donors (Lipinski definition) is 0. The van der Waals surface area contributed by atoms with Crippen LogP contribution in [0.3, 0.4) is 0 Å². The fraction of sp³-hybridized carbons (Fsp3) is 0.944. The molecular formula is C18H36O6. The first-order chi connectivity index (χ1) is 11.8. The second-order valence-electron chi connectivity index (χ2n) is 5.45. The van der Waals surface area contributed by atoms with E-state index in [9.17, 15) is 4.79 Å². The van der Waals surface area contributed by atoms with Crippen molar-refractivity contribution >= 4 is 5.97 Å². The van der Waals surface area contributed by atoms with Gasteiger partial charge in [-0.1, -0.05) is 26.7 Å². The Morgan fingerprint density at radius 2 is 1.25 bits per heavy atom. The third-order valence-corrected chi connectivity index (χ3v) is 3.52. The molecule has 0 saturated carbocycles. The van der Waals surface area contributed by atoms with Gasteiger partial charge in [0.15, 0.2) is 0 Å². The van der Waals surface area contributed by atoms with Crippen molar-refractivity contribution in [3.63, 3.8) is 0 Å². The highest BCUT2D eigenvalue weighted by atomic mass is 16.6. The summed E-state index contributed by atoms with van der Waals surface area (Å²) in [5.41, 5.74) is 0. The summed E-state index contributed by atoms with van der Waals surface area (Å²) in [6.45, 7) is 10.8. The van der Waals surface area contributed by atoms with E-state index in [1.807, 2.05) is 13.8 Å². The molecule has 0 fully saturated rings. The molecule has 0 amide bonds. The Balaban J connectivity index is 3.31. The van der Waals surface area contributed by atoms with Crippen LogP contribution in [0.15, 0.2) is 0 Å². The topological polar surface area (TPSA) is 63.2 Å². The molecule has 0 radical (unpaired) electrons. The lowest BCUT2D eigenvalue weighted by atomic mass is 10.00. The summed E-state index contributed by atoms with van der Waals surface area (Å²) in [5, 5.41) is 0. The monoisotopic (exact) mass is 348 g/mol. The molecular weight excluding hydrogens is 312 g/mol. The average Bonchev–Trinajstić information content (AvgIpc) is 2.59. The van der Waals surface area contributed by atoms with Crippen LogP contribution in [0.2, 0.25) is 0 Å². The Morgan fingerprint density at radius 1 is 0.750 bits per heavy atom. The number of esters is 1. The molecule has 6 nitrogen and oxygen atoms in total. The molecule has 1 atom stereocenters. The normalized spacial score (nSPS) is 12.3. The molecule has 0 aliphatic heterocycles. The van der Waals surface area contributed by atoms with Gasteiger partial charge in [0.05, 0.1) is 52.2 Å². The third-order valence-electron chi connectivity index (χ3n) is 3.52. The zero-order chi connectivity index (χ0) is 17.9. The number of ether oxygens (including phenoxy) is 5. The van der Waals surface area contributed by atoms with Crippen molar-refractivity contribution in [1.29, 1.82) is 0 Å². The molecule has 0 spiro atoms. The van der Waals surface area contributed by atoms with E-state index in [0.717, 1.165) is 25.7 Å². The van der Waals surface area contributed by atoms with E-state index in [-0.39, 0.29) is 11.9 Å². The minimum Gasteiger partial charge on any atom is -0.463 e. The van der Waals surface area contributed by atoms with Crippen molar-refractivity contribution in [1.82, 2.24) is 0 Å². The molecule has 0 saturated heterocycles. The van der Waals surface area contributed by atoms with Gasteiger partial charge < -0.3 is 23.7 Å². The summed E-state index contributed by atoms with van der Waals surface area (Å²) in [6, 6.07) is 0. The Hall–Kier alpha value is -0.690. The Kier molecular flexibility index (Phi) is 18.1. The van der Waals surface area contributed by atoms with Crippen LogP contribution in [0.5, 0.6) is 0 Å². The van der Waals surface area contributed by atoms with Crippen molar-refractivity contribution in [3.8, 4) is 0 Å². The highest BCUT2D eigenvalue weighted by Crippen LogP contribution is 2.14. The van der Waals surface area contributed by atoms with Crippen LogP contribution in [-0.2, 0) is 28.5 Å². The van der Waals surface area contributed by atoms with E-state index in [2.05, 4.69) is 6.92 Å². The van der Waals surface area contributed by atoms with Crippen LogP contribution in [0.25, 0.3) is 0 Å². The van der Waals surface area contributed by atoms with Crippen LogP contribution in [0, 0.1) is 5.92 Å². The summed E-state index contributed by atoms with van der Waals surface area (Å²) in [7, 11) is 0. The van der Waals surface area contributed by atoms with Crippen LogP contribution in [-0.4, -0.2) is 65.4 Å². The maximum Gasteiger partial charge on any atom is 0.308 e. The lowest BCUT2D eigenvalue weighted by Crippen LogP contribution is -2.20. The van der Waals surface area contributed by atoms with E-state index in [1.54, 1.807) is 0 Å². The number of unbranched alkanes of at least 4 members (excludes halogenated alkanes) is 1. The van der Waals surface area contributed by atoms with Gasteiger partial charge in [0, 0.05) is 6.61 Å². The molecule has 0 aromatic carbocycles. The van der Waals surface area contributed by atoms with E-state index < -0.39 is 0 Å². The second kappa shape index (κ2) is 18.6. The van der Waals surface area contributed by atoms with Crippen LogP contribution in [0.1, 0.15) is 46.5 Å². The minimum atomic E-state index is -0.102. The van der Waals surface area contributed by atoms with Crippen LogP contribution >= 0.6 is 0 Å². The van der Waals surface area contributed by atoms with Crippen molar-refractivity contribution < 1.29 is 28.5 Å². The minimum absolute atomic E-state index is 0.0241. The van der Waals surface area contributed by atoms with Gasteiger partial charge in [-0.2, -0.15) is 0 Å². The van der Waals surface area contributed by atoms with E-state index in [1.165, 1.54) is 0 Å². The van der Waals surface area contributed by atoms with Crippen molar-refractivity contribution in [2.24, 2.45) is 5.92 Å². The first kappa shape index (κ1) is 23.3. The molecule has 0 bridgehead atoms. The molecule has 0 aliphatic carbocycles. The average molecular weight is 348 g/mol. The van der Waals surface area contributed by atoms with Gasteiger partial charge >= 0.3 is 5.97 Å². The van der Waals surface area contributed by atoms with Crippen LogP contribution in [0.4, 0.5) is 0 Å². The van der Waals surface area contributed by atoms with Gasteiger partial charge in [-0.25, -0.2) is 0 Å². The standard InChI is InChI=1S/C18H36O6/c1-4-7-8-17(5-2)18(19)24-16-15-23-14-13-22-12-11-21-10-9-20-6-3/h17H,4-16H2,1-3H3. The molecule has 0 aromatic heterocycles. The highest BCUT2D eigenvalue weighted by molar-refractivity contribution is 5.72. The molecule has 0 N–H and O–H groups in total. The number of carbonyl (C=O) groups excluding carboxylic acids is 1. The Morgan fingerprint density at radius 3 is 1.71 bits per heavy atom. The summed E-state index contributed by atoms with van der Waals surface area (Å²) in [4.78, 5) is 11.9. The summed E-state index contributed by atoms with van der Waals surface area (Å²) >= 11 is 0. The van der Waals surface area contributed by atoms with Crippen molar-refractivity contribution in [2.45, 2.75) is 46.5 Å². The molecule has 0 aromatic rings. The molecule has 0 rings (SSSR count). The maximum absolute atomic E-state index is 11.9. The van der Waals surface area contributed by atoms with Gasteiger partial charge in [0.2, 0.25) is 0 Å². The number of rotatable bonds is 18. The molecule has 0 aliphatic rings. The summed E-state index contributed by atoms with van der Waals surface area (Å²) < 4.78 is 26.5.